The summed E-state index contributed by atoms with van der Waals surface area (Å²) in [6.07, 6.45) is 0.426. The summed E-state index contributed by atoms with van der Waals surface area (Å²) >= 11 is 3.41. The molecule has 0 amide bonds. The molecule has 0 fully saturated rings. The van der Waals surface area contributed by atoms with Crippen LogP contribution in [0.2, 0.25) is 0 Å². The number of Topliss-reactive ketones (excluding diaryl/α,β-unsaturated/α-hetero) is 1. The quantitative estimate of drug-likeness (QED) is 0.589. The number of halogens is 1. The molecule has 0 spiro atoms. The van der Waals surface area contributed by atoms with E-state index in [1.165, 1.54) is 0 Å². The molecule has 0 aliphatic heterocycles. The number of rotatable bonds is 3. The monoisotopic (exact) mass is 252 g/mol. The minimum absolute atomic E-state index is 0.123. The van der Waals surface area contributed by atoms with Crippen LogP contribution in [0.15, 0.2) is 34.8 Å². The first kappa shape index (κ1) is 11.2. The molecule has 0 aromatic heterocycles. The molecule has 0 saturated heterocycles. The Morgan fingerprint density at radius 2 is 2.14 bits per heavy atom. The summed E-state index contributed by atoms with van der Waals surface area (Å²) < 4.78 is 0.977. The summed E-state index contributed by atoms with van der Waals surface area (Å²) in [5, 5.41) is 0. The van der Waals surface area contributed by atoms with E-state index in [0.717, 1.165) is 21.2 Å². The van der Waals surface area contributed by atoms with Gasteiger partial charge in [0.05, 0.1) is 0 Å². The van der Waals surface area contributed by atoms with E-state index in [4.69, 9.17) is 0 Å². The first-order valence-electron chi connectivity index (χ1n) is 4.44. The summed E-state index contributed by atoms with van der Waals surface area (Å²) in [5.41, 5.74) is 2.77. The molecular weight excluding hydrogens is 240 g/mol. The highest BCUT2D eigenvalue weighted by Crippen LogP contribution is 2.19. The largest absolute Gasteiger partial charge is 0.294 e. The summed E-state index contributed by atoms with van der Waals surface area (Å²) in [5.74, 6) is 0.123. The zero-order valence-electron chi connectivity index (χ0n) is 8.43. The first-order chi connectivity index (χ1) is 6.50. The van der Waals surface area contributed by atoms with E-state index in [9.17, 15) is 4.79 Å². The molecule has 0 saturated carbocycles. The van der Waals surface area contributed by atoms with Crippen molar-refractivity contribution in [2.45, 2.75) is 20.3 Å². The second-order valence-corrected chi connectivity index (χ2v) is 4.38. The maximum atomic E-state index is 11.6. The molecule has 1 aromatic rings. The lowest BCUT2D eigenvalue weighted by atomic mass is 10.0. The number of benzene rings is 1. The predicted octanol–water partition coefficient (Wildman–Crippen LogP) is 3.91. The van der Waals surface area contributed by atoms with Crippen molar-refractivity contribution in [1.82, 2.24) is 0 Å². The van der Waals surface area contributed by atoms with E-state index in [-0.39, 0.29) is 5.78 Å². The van der Waals surface area contributed by atoms with Crippen LogP contribution in [0.3, 0.4) is 0 Å². The van der Waals surface area contributed by atoms with Crippen molar-refractivity contribution < 1.29 is 4.79 Å². The number of allylic oxidation sites excluding steroid dienone is 1. The molecule has 14 heavy (non-hydrogen) atoms. The molecule has 0 bridgehead atoms. The van der Waals surface area contributed by atoms with Gasteiger partial charge in [-0.05, 0) is 25.5 Å². The molecule has 1 nitrogen and oxygen atoms in total. The Morgan fingerprint density at radius 3 is 2.64 bits per heavy atom. The summed E-state index contributed by atoms with van der Waals surface area (Å²) in [6, 6.07) is 5.65. The van der Waals surface area contributed by atoms with Gasteiger partial charge < -0.3 is 0 Å². The Bertz CT molecular complexity index is 380. The van der Waals surface area contributed by atoms with Crippen molar-refractivity contribution in [2.24, 2.45) is 0 Å². The third kappa shape index (κ3) is 2.81. The molecule has 74 valence electrons. The predicted molar refractivity (Wildman–Crippen MR) is 62.6 cm³/mol. The highest BCUT2D eigenvalue weighted by atomic mass is 79.9. The lowest BCUT2D eigenvalue weighted by Crippen LogP contribution is -1.99. The number of hydrogen-bond donors (Lipinski definition) is 0. The lowest BCUT2D eigenvalue weighted by molar-refractivity contribution is 0.0993. The standard InChI is InChI=1S/C12H13BrO/c1-8(2)6-12(14)10-5-4-9(3)11(13)7-10/h4-5,7H,1,6H2,2-3H3. The molecule has 0 aliphatic rings. The Labute approximate surface area is 93.0 Å². The van der Waals surface area contributed by atoms with Gasteiger partial charge in [-0.2, -0.15) is 0 Å². The van der Waals surface area contributed by atoms with Crippen molar-refractivity contribution >= 4 is 21.7 Å². The molecule has 2 heteroatoms. The van der Waals surface area contributed by atoms with Crippen molar-refractivity contribution in [1.29, 1.82) is 0 Å². The average molecular weight is 253 g/mol. The van der Waals surface area contributed by atoms with Gasteiger partial charge in [-0.25, -0.2) is 0 Å². The smallest absolute Gasteiger partial charge is 0.166 e. The molecule has 0 heterocycles. The Balaban J connectivity index is 2.91. The van der Waals surface area contributed by atoms with Gasteiger partial charge in [0.15, 0.2) is 5.78 Å². The van der Waals surface area contributed by atoms with Gasteiger partial charge >= 0.3 is 0 Å². The van der Waals surface area contributed by atoms with Crippen LogP contribution in [0.5, 0.6) is 0 Å². The molecule has 0 aliphatic carbocycles. The molecule has 0 atom stereocenters. The normalized spacial score (nSPS) is 9.93. The van der Waals surface area contributed by atoms with Gasteiger partial charge in [0.2, 0.25) is 0 Å². The number of carbonyl (C=O) groups is 1. The van der Waals surface area contributed by atoms with E-state index in [1.54, 1.807) is 0 Å². The highest BCUT2D eigenvalue weighted by molar-refractivity contribution is 9.10. The molecule has 1 rings (SSSR count). The molecule has 0 N–H and O–H groups in total. The van der Waals surface area contributed by atoms with E-state index in [1.807, 2.05) is 32.0 Å². The van der Waals surface area contributed by atoms with Gasteiger partial charge in [-0.15, -0.1) is 0 Å². The van der Waals surface area contributed by atoms with Crippen LogP contribution in [-0.2, 0) is 0 Å². The topological polar surface area (TPSA) is 17.1 Å². The van der Waals surface area contributed by atoms with Crippen LogP contribution in [0.4, 0.5) is 0 Å². The number of ketones is 1. The van der Waals surface area contributed by atoms with Crippen molar-refractivity contribution in [3.05, 3.63) is 46.0 Å². The Morgan fingerprint density at radius 1 is 1.50 bits per heavy atom. The van der Waals surface area contributed by atoms with E-state index in [0.29, 0.717) is 6.42 Å². The number of carbonyl (C=O) groups excluding carboxylic acids is 1. The maximum absolute atomic E-state index is 11.6. The van der Waals surface area contributed by atoms with Gasteiger partial charge in [-0.1, -0.05) is 40.2 Å². The van der Waals surface area contributed by atoms with Crippen molar-refractivity contribution in [3.8, 4) is 0 Å². The van der Waals surface area contributed by atoms with Gasteiger partial charge in [0.25, 0.3) is 0 Å². The summed E-state index contributed by atoms with van der Waals surface area (Å²) in [4.78, 5) is 11.6. The van der Waals surface area contributed by atoms with Gasteiger partial charge in [0, 0.05) is 16.5 Å². The third-order valence-electron chi connectivity index (χ3n) is 1.96. The summed E-state index contributed by atoms with van der Waals surface area (Å²) in [6.45, 7) is 7.59. The Hall–Kier alpha value is -0.890. The van der Waals surface area contributed by atoms with Crippen LogP contribution in [0, 0.1) is 6.92 Å². The molecule has 1 aromatic carbocycles. The molecule has 0 radical (unpaired) electrons. The maximum Gasteiger partial charge on any atom is 0.166 e. The second-order valence-electron chi connectivity index (χ2n) is 3.52. The van der Waals surface area contributed by atoms with Crippen molar-refractivity contribution in [3.63, 3.8) is 0 Å². The van der Waals surface area contributed by atoms with Crippen LogP contribution in [0.1, 0.15) is 29.3 Å². The zero-order valence-corrected chi connectivity index (χ0v) is 10.0. The van der Waals surface area contributed by atoms with E-state index >= 15 is 0 Å². The molecular formula is C12H13BrO. The van der Waals surface area contributed by atoms with Gasteiger partial charge in [-0.3, -0.25) is 4.79 Å². The molecule has 0 unspecified atom stereocenters. The first-order valence-corrected chi connectivity index (χ1v) is 5.23. The van der Waals surface area contributed by atoms with Crippen LogP contribution >= 0.6 is 15.9 Å². The minimum atomic E-state index is 0.123. The van der Waals surface area contributed by atoms with Gasteiger partial charge in [0.1, 0.15) is 0 Å². The summed E-state index contributed by atoms with van der Waals surface area (Å²) in [7, 11) is 0. The van der Waals surface area contributed by atoms with E-state index in [2.05, 4.69) is 22.5 Å². The van der Waals surface area contributed by atoms with Crippen LogP contribution in [0.25, 0.3) is 0 Å². The minimum Gasteiger partial charge on any atom is -0.294 e. The van der Waals surface area contributed by atoms with Crippen LogP contribution in [-0.4, -0.2) is 5.78 Å². The van der Waals surface area contributed by atoms with Crippen LogP contribution < -0.4 is 0 Å². The third-order valence-corrected chi connectivity index (χ3v) is 2.81. The fourth-order valence-corrected chi connectivity index (χ4v) is 1.52. The number of aryl methyl sites for hydroxylation is 1. The lowest BCUT2D eigenvalue weighted by Gasteiger charge is -2.03. The Kier molecular flexibility index (Phi) is 3.64. The number of hydrogen-bond acceptors (Lipinski definition) is 1. The zero-order chi connectivity index (χ0) is 10.7. The average Bonchev–Trinajstić information content (AvgIpc) is 2.08. The fraction of sp³-hybridized carbons (Fsp3) is 0.250. The SMILES string of the molecule is C=C(C)CC(=O)c1ccc(C)c(Br)c1. The van der Waals surface area contributed by atoms with Crippen molar-refractivity contribution in [2.75, 3.05) is 0 Å². The fourth-order valence-electron chi connectivity index (χ4n) is 1.14. The highest BCUT2D eigenvalue weighted by Gasteiger charge is 2.06. The van der Waals surface area contributed by atoms with E-state index < -0.39 is 0 Å². The second kappa shape index (κ2) is 4.56.